The fourth-order valence-corrected chi connectivity index (χ4v) is 4.02. The van der Waals surface area contributed by atoms with Gasteiger partial charge in [0.25, 0.3) is 15.9 Å². The Balaban J connectivity index is 1.92. The molecule has 0 saturated heterocycles. The summed E-state index contributed by atoms with van der Waals surface area (Å²) in [5.41, 5.74) is 1.10. The molecule has 3 N–H and O–H groups in total. The van der Waals surface area contributed by atoms with Crippen molar-refractivity contribution in [2.24, 2.45) is 5.14 Å². The molecule has 0 saturated carbocycles. The number of aromatic nitrogens is 1. The number of thiophene rings is 1. The highest BCUT2D eigenvalue weighted by Gasteiger charge is 2.15. The summed E-state index contributed by atoms with van der Waals surface area (Å²) in [6.45, 7) is 0. The predicted molar refractivity (Wildman–Crippen MR) is 83.3 cm³/mol. The van der Waals surface area contributed by atoms with E-state index in [0.29, 0.717) is 20.8 Å². The van der Waals surface area contributed by atoms with Gasteiger partial charge in [-0.05, 0) is 29.6 Å². The Hall–Kier alpha value is -1.81. The van der Waals surface area contributed by atoms with Crippen LogP contribution in [-0.4, -0.2) is 19.3 Å². The zero-order chi connectivity index (χ0) is 15.0. The Labute approximate surface area is 128 Å². The number of nitrogens with zero attached hydrogens (tertiary/aromatic N) is 1. The van der Waals surface area contributed by atoms with Gasteiger partial charge >= 0.3 is 0 Å². The number of anilines is 1. The zero-order valence-electron chi connectivity index (χ0n) is 10.4. The maximum Gasteiger partial charge on any atom is 0.265 e. The van der Waals surface area contributed by atoms with Gasteiger partial charge in [0.1, 0.15) is 0 Å². The number of hydrogen-bond acceptors (Lipinski definition) is 6. The lowest BCUT2D eigenvalue weighted by molar-refractivity contribution is 0.103. The molecule has 0 aliphatic heterocycles. The van der Waals surface area contributed by atoms with Crippen LogP contribution >= 0.6 is 22.7 Å². The highest BCUT2D eigenvalue weighted by Crippen LogP contribution is 2.27. The van der Waals surface area contributed by atoms with Crippen molar-refractivity contribution >= 4 is 54.5 Å². The van der Waals surface area contributed by atoms with Crippen LogP contribution in [0.2, 0.25) is 0 Å². The molecular formula is C12H9N3O3S3. The molecule has 6 nitrogen and oxygen atoms in total. The molecule has 1 amide bonds. The summed E-state index contributed by atoms with van der Waals surface area (Å²) < 4.78 is 23.1. The van der Waals surface area contributed by atoms with Crippen molar-refractivity contribution in [2.45, 2.75) is 4.34 Å². The first-order chi connectivity index (χ1) is 9.93. The first-order valence-corrected chi connectivity index (χ1v) is 8.96. The van der Waals surface area contributed by atoms with E-state index >= 15 is 0 Å². The summed E-state index contributed by atoms with van der Waals surface area (Å²) in [6, 6.07) is 8.51. The van der Waals surface area contributed by atoms with E-state index in [1.54, 1.807) is 30.3 Å². The lowest BCUT2D eigenvalue weighted by Crippen LogP contribution is -2.11. The molecule has 3 rings (SSSR count). The second-order valence-electron chi connectivity index (χ2n) is 4.14. The molecule has 21 heavy (non-hydrogen) atoms. The van der Waals surface area contributed by atoms with Gasteiger partial charge in [0.15, 0.2) is 0 Å². The first kappa shape index (κ1) is 14.1. The summed E-state index contributed by atoms with van der Waals surface area (Å²) in [5.74, 6) is -0.208. The van der Waals surface area contributed by atoms with Gasteiger partial charge in [0, 0.05) is 5.69 Å². The number of benzene rings is 1. The monoisotopic (exact) mass is 339 g/mol. The smallest absolute Gasteiger partial charge is 0.265 e. The topological polar surface area (TPSA) is 102 Å². The van der Waals surface area contributed by atoms with Gasteiger partial charge in [-0.25, -0.2) is 18.5 Å². The third-order valence-corrected chi connectivity index (χ3v) is 5.82. The molecule has 0 aliphatic carbocycles. The average Bonchev–Trinajstić information content (AvgIpc) is 3.06. The molecule has 0 bridgehead atoms. The summed E-state index contributed by atoms with van der Waals surface area (Å²) in [5, 5.41) is 9.63. The van der Waals surface area contributed by atoms with Crippen molar-refractivity contribution in [1.29, 1.82) is 0 Å². The molecule has 0 aliphatic rings. The van der Waals surface area contributed by atoms with Gasteiger partial charge in [0.05, 0.1) is 15.1 Å². The van der Waals surface area contributed by atoms with Gasteiger partial charge in [0.2, 0.25) is 4.34 Å². The molecule has 3 aromatic rings. The minimum atomic E-state index is -3.81. The minimum Gasteiger partial charge on any atom is -0.321 e. The number of hydrogen-bond donors (Lipinski definition) is 2. The van der Waals surface area contributed by atoms with Crippen LogP contribution in [0.3, 0.4) is 0 Å². The number of rotatable bonds is 3. The molecule has 0 radical (unpaired) electrons. The Bertz CT molecular complexity index is 914. The molecular weight excluding hydrogens is 330 g/mol. The number of sulfonamides is 1. The molecule has 0 spiro atoms. The quantitative estimate of drug-likeness (QED) is 0.764. The number of nitrogens with one attached hydrogen (secondary N) is 1. The van der Waals surface area contributed by atoms with E-state index in [-0.39, 0.29) is 10.2 Å². The van der Waals surface area contributed by atoms with E-state index in [0.717, 1.165) is 11.3 Å². The van der Waals surface area contributed by atoms with Crippen LogP contribution in [0.4, 0.5) is 5.69 Å². The van der Waals surface area contributed by atoms with Crippen LogP contribution in [0.25, 0.3) is 10.2 Å². The van der Waals surface area contributed by atoms with Crippen molar-refractivity contribution in [3.8, 4) is 0 Å². The number of primary sulfonamides is 1. The Morgan fingerprint density at radius 1 is 1.29 bits per heavy atom. The van der Waals surface area contributed by atoms with Gasteiger partial charge in [-0.15, -0.1) is 22.7 Å². The first-order valence-electron chi connectivity index (χ1n) is 5.72. The molecule has 2 heterocycles. The summed E-state index contributed by atoms with van der Waals surface area (Å²) in [4.78, 5) is 16.5. The Morgan fingerprint density at radius 3 is 2.76 bits per heavy atom. The molecule has 1 aromatic carbocycles. The lowest BCUT2D eigenvalue weighted by Gasteiger charge is -2.02. The highest BCUT2D eigenvalue weighted by molar-refractivity contribution is 7.91. The van der Waals surface area contributed by atoms with Crippen LogP contribution in [0.15, 0.2) is 40.1 Å². The second-order valence-corrected chi connectivity index (χ2v) is 7.85. The van der Waals surface area contributed by atoms with E-state index in [1.165, 1.54) is 11.3 Å². The maximum atomic E-state index is 11.9. The molecule has 0 unspecified atom stereocenters. The van der Waals surface area contributed by atoms with Crippen molar-refractivity contribution in [1.82, 2.24) is 4.98 Å². The summed E-state index contributed by atoms with van der Waals surface area (Å²) >= 11 is 2.31. The van der Waals surface area contributed by atoms with Crippen molar-refractivity contribution in [3.63, 3.8) is 0 Å². The van der Waals surface area contributed by atoms with E-state index < -0.39 is 10.0 Å². The molecule has 108 valence electrons. The van der Waals surface area contributed by atoms with Crippen molar-refractivity contribution < 1.29 is 13.2 Å². The minimum absolute atomic E-state index is 0.140. The largest absolute Gasteiger partial charge is 0.321 e. The van der Waals surface area contributed by atoms with E-state index in [1.807, 2.05) is 5.38 Å². The standard InChI is InChI=1S/C12H9N3O3S3/c13-21(17,18)12-15-8-4-3-7(6-10(8)20-12)14-11(16)9-2-1-5-19-9/h1-6H,(H,14,16)(H2,13,17,18). The molecule has 0 atom stereocenters. The number of carbonyl (C=O) groups excluding carboxylic acids is 1. The summed E-state index contributed by atoms with van der Waals surface area (Å²) in [6.07, 6.45) is 0. The van der Waals surface area contributed by atoms with Crippen LogP contribution in [0, 0.1) is 0 Å². The maximum absolute atomic E-state index is 11.9. The second kappa shape index (κ2) is 5.19. The van der Waals surface area contributed by atoms with Gasteiger partial charge in [-0.2, -0.15) is 0 Å². The third-order valence-electron chi connectivity index (χ3n) is 2.62. The van der Waals surface area contributed by atoms with Gasteiger partial charge < -0.3 is 5.32 Å². The Morgan fingerprint density at radius 2 is 2.10 bits per heavy atom. The summed E-state index contributed by atoms with van der Waals surface area (Å²) in [7, 11) is -3.81. The molecule has 0 fully saturated rings. The van der Waals surface area contributed by atoms with Crippen LogP contribution in [0.1, 0.15) is 9.67 Å². The number of nitrogens with two attached hydrogens (primary N) is 1. The predicted octanol–water partition coefficient (Wildman–Crippen LogP) is 2.26. The Kier molecular flexibility index (Phi) is 3.49. The van der Waals surface area contributed by atoms with E-state index in [4.69, 9.17) is 5.14 Å². The SMILES string of the molecule is NS(=O)(=O)c1nc2ccc(NC(=O)c3cccs3)cc2s1. The number of fused-ring (bicyclic) bond motifs is 1. The van der Waals surface area contributed by atoms with E-state index in [2.05, 4.69) is 10.3 Å². The third kappa shape index (κ3) is 2.95. The number of carbonyl (C=O) groups is 1. The van der Waals surface area contributed by atoms with Crippen LogP contribution in [-0.2, 0) is 10.0 Å². The van der Waals surface area contributed by atoms with Crippen molar-refractivity contribution in [3.05, 3.63) is 40.6 Å². The molecule has 2 aromatic heterocycles. The lowest BCUT2D eigenvalue weighted by atomic mass is 10.3. The molecule has 9 heteroatoms. The zero-order valence-corrected chi connectivity index (χ0v) is 12.9. The van der Waals surface area contributed by atoms with Crippen LogP contribution in [0.5, 0.6) is 0 Å². The van der Waals surface area contributed by atoms with Gasteiger partial charge in [-0.3, -0.25) is 4.79 Å². The fourth-order valence-electron chi connectivity index (χ4n) is 1.70. The average molecular weight is 339 g/mol. The van der Waals surface area contributed by atoms with Gasteiger partial charge in [-0.1, -0.05) is 6.07 Å². The van der Waals surface area contributed by atoms with E-state index in [9.17, 15) is 13.2 Å². The van der Waals surface area contributed by atoms with Crippen molar-refractivity contribution in [2.75, 3.05) is 5.32 Å². The normalized spacial score (nSPS) is 11.7. The fraction of sp³-hybridized carbons (Fsp3) is 0. The number of thiazole rings is 1. The highest BCUT2D eigenvalue weighted by atomic mass is 32.2. The van der Waals surface area contributed by atoms with Crippen LogP contribution < -0.4 is 10.5 Å². The number of amides is 1.